The van der Waals surface area contributed by atoms with Crippen molar-refractivity contribution < 1.29 is 28.6 Å². The average Bonchev–Trinajstić information content (AvgIpc) is 3.50. The molecule has 1 atom stereocenters. The Balaban J connectivity index is 4.31. The molecule has 6 heteroatoms. The molecule has 0 amide bonds. The number of unbranched alkanes of at least 4 members (excludes halogenated alkanes) is 44. The third-order valence-corrected chi connectivity index (χ3v) is 16.2. The summed E-state index contributed by atoms with van der Waals surface area (Å²) in [6.07, 6.45) is 93.7. The summed E-state index contributed by atoms with van der Waals surface area (Å²) in [5.74, 6) is -0.902. The summed E-state index contributed by atoms with van der Waals surface area (Å²) < 4.78 is 17.0. The molecule has 0 spiro atoms. The third kappa shape index (κ3) is 69.5. The fourth-order valence-electron chi connectivity index (χ4n) is 10.8. The smallest absolute Gasteiger partial charge is 0.306 e. The molecule has 0 radical (unpaired) electrons. The minimum Gasteiger partial charge on any atom is -0.462 e. The van der Waals surface area contributed by atoms with Gasteiger partial charge in [-0.25, -0.2) is 0 Å². The molecule has 6 nitrogen and oxygen atoms in total. The van der Waals surface area contributed by atoms with Crippen LogP contribution < -0.4 is 0 Å². The topological polar surface area (TPSA) is 78.9 Å². The number of carbonyl (C=O) groups is 3. The van der Waals surface area contributed by atoms with E-state index in [2.05, 4.69) is 93.7 Å². The molecule has 0 saturated heterocycles. The van der Waals surface area contributed by atoms with Crippen molar-refractivity contribution in [1.29, 1.82) is 0 Å². The van der Waals surface area contributed by atoms with E-state index in [0.717, 1.165) is 96.3 Å². The summed E-state index contributed by atoms with van der Waals surface area (Å²) in [6, 6.07) is 0. The molecule has 0 heterocycles. The number of carbonyl (C=O) groups excluding carboxylic acids is 3. The van der Waals surface area contributed by atoms with E-state index in [9.17, 15) is 14.4 Å². The average molecular weight is 1160 g/mol. The van der Waals surface area contributed by atoms with Gasteiger partial charge >= 0.3 is 17.9 Å². The minimum atomic E-state index is -0.796. The molecule has 0 aliphatic rings. The van der Waals surface area contributed by atoms with Gasteiger partial charge in [0.15, 0.2) is 6.10 Å². The number of hydrogen-bond donors (Lipinski definition) is 0. The normalized spacial score (nSPS) is 12.5. The Morgan fingerprint density at radius 2 is 0.470 bits per heavy atom. The van der Waals surface area contributed by atoms with Gasteiger partial charge in [-0.3, -0.25) is 14.4 Å². The SMILES string of the molecule is CC/C=C\C/C=C\C/C=C\C/C=C\C/C=C\CCCCCC(=O)OC(COC(=O)CCCCCCCCC/C=C\CCCCCCCCC)COC(=O)CCCCCCCCCCCCCCCCCCCCCCCCCCCCCC. The lowest BCUT2D eigenvalue weighted by molar-refractivity contribution is -0.167. The first kappa shape index (κ1) is 79.8. The lowest BCUT2D eigenvalue weighted by Gasteiger charge is -2.18. The molecule has 0 aromatic carbocycles. The molecule has 1 unspecified atom stereocenters. The van der Waals surface area contributed by atoms with Crippen molar-refractivity contribution in [2.45, 2.75) is 386 Å². The molecular formula is C77H138O6. The van der Waals surface area contributed by atoms with Crippen LogP contribution in [-0.2, 0) is 28.6 Å². The second-order valence-corrected chi connectivity index (χ2v) is 24.5. The standard InChI is InChI=1S/C77H138O6/c1-4-7-10-13-16-19-22-25-28-31-34-35-36-37-38-39-40-41-42-44-46-49-52-55-58-61-64-67-70-76(79)82-73-74(72-81-75(78)69-66-63-60-57-54-51-48-45-33-30-27-24-21-18-15-12-9-6-3)83-77(80)71-68-65-62-59-56-53-50-47-43-32-29-26-23-20-17-14-11-8-5-2/h8,11,17,20,26,29-30,33,43,47,53,56,74H,4-7,9-10,12-16,18-19,21-25,27-28,31-32,34-42,44-46,48-52,54-55,57-73H2,1-3H3/b11-8-,20-17-,29-26-,33-30-,47-43-,56-53-. The zero-order valence-corrected chi connectivity index (χ0v) is 55.5. The summed E-state index contributed by atoms with van der Waals surface area (Å²) in [5.41, 5.74) is 0. The largest absolute Gasteiger partial charge is 0.462 e. The maximum atomic E-state index is 12.9. The number of rotatable bonds is 67. The van der Waals surface area contributed by atoms with Crippen molar-refractivity contribution in [3.05, 3.63) is 72.9 Å². The molecule has 0 saturated carbocycles. The lowest BCUT2D eigenvalue weighted by Crippen LogP contribution is -2.30. The predicted octanol–water partition coefficient (Wildman–Crippen LogP) is 25.2. The summed E-state index contributed by atoms with van der Waals surface area (Å²) in [4.78, 5) is 38.5. The Bertz CT molecular complexity index is 1520. The van der Waals surface area contributed by atoms with Gasteiger partial charge in [0.2, 0.25) is 0 Å². The molecule has 0 rings (SSSR count). The van der Waals surface area contributed by atoms with Crippen molar-refractivity contribution in [2.75, 3.05) is 13.2 Å². The third-order valence-electron chi connectivity index (χ3n) is 16.2. The van der Waals surface area contributed by atoms with E-state index in [4.69, 9.17) is 14.2 Å². The van der Waals surface area contributed by atoms with Gasteiger partial charge in [-0.15, -0.1) is 0 Å². The second kappa shape index (κ2) is 71.3. The molecule has 0 aromatic rings. The summed E-state index contributed by atoms with van der Waals surface area (Å²) >= 11 is 0. The number of allylic oxidation sites excluding steroid dienone is 12. The molecule has 0 N–H and O–H groups in total. The predicted molar refractivity (Wildman–Crippen MR) is 362 cm³/mol. The summed E-state index contributed by atoms with van der Waals surface area (Å²) in [5, 5.41) is 0. The second-order valence-electron chi connectivity index (χ2n) is 24.5. The van der Waals surface area contributed by atoms with Crippen LogP contribution >= 0.6 is 0 Å². The van der Waals surface area contributed by atoms with Crippen molar-refractivity contribution in [2.24, 2.45) is 0 Å². The van der Waals surface area contributed by atoms with Gasteiger partial charge in [0.1, 0.15) is 13.2 Å². The molecule has 0 bridgehead atoms. The monoisotopic (exact) mass is 1160 g/mol. The lowest BCUT2D eigenvalue weighted by atomic mass is 10.0. The number of ether oxygens (including phenoxy) is 3. The zero-order chi connectivity index (χ0) is 59.9. The fourth-order valence-corrected chi connectivity index (χ4v) is 10.8. The maximum absolute atomic E-state index is 12.9. The van der Waals surface area contributed by atoms with Gasteiger partial charge in [0.05, 0.1) is 0 Å². The van der Waals surface area contributed by atoms with Crippen molar-refractivity contribution in [3.8, 4) is 0 Å². The first-order chi connectivity index (χ1) is 41.0. The first-order valence-electron chi connectivity index (χ1n) is 36.4. The Labute approximate surface area is 516 Å². The minimum absolute atomic E-state index is 0.0869. The van der Waals surface area contributed by atoms with Gasteiger partial charge in [-0.1, -0.05) is 344 Å². The van der Waals surface area contributed by atoms with Gasteiger partial charge in [0, 0.05) is 19.3 Å². The van der Waals surface area contributed by atoms with Crippen LogP contribution in [0.25, 0.3) is 0 Å². The Hall–Kier alpha value is -3.15. The summed E-state index contributed by atoms with van der Waals surface area (Å²) in [6.45, 7) is 6.56. The molecule has 0 fully saturated rings. The number of hydrogen-bond acceptors (Lipinski definition) is 6. The van der Waals surface area contributed by atoms with Crippen LogP contribution in [0.15, 0.2) is 72.9 Å². The van der Waals surface area contributed by atoms with E-state index in [1.807, 2.05) is 0 Å². The highest BCUT2D eigenvalue weighted by atomic mass is 16.6. The van der Waals surface area contributed by atoms with E-state index in [1.165, 1.54) is 244 Å². The molecule has 0 aromatic heterocycles. The Morgan fingerprint density at radius 1 is 0.253 bits per heavy atom. The van der Waals surface area contributed by atoms with Gasteiger partial charge < -0.3 is 14.2 Å². The van der Waals surface area contributed by atoms with Gasteiger partial charge in [-0.2, -0.15) is 0 Å². The van der Waals surface area contributed by atoms with E-state index in [0.29, 0.717) is 19.3 Å². The van der Waals surface area contributed by atoms with Crippen LogP contribution in [0, 0.1) is 0 Å². The van der Waals surface area contributed by atoms with Crippen LogP contribution in [0.5, 0.6) is 0 Å². The molecule has 0 aliphatic heterocycles. The Kier molecular flexibility index (Phi) is 68.6. The highest BCUT2D eigenvalue weighted by molar-refractivity contribution is 5.71. The van der Waals surface area contributed by atoms with E-state index >= 15 is 0 Å². The van der Waals surface area contributed by atoms with Crippen LogP contribution in [-0.4, -0.2) is 37.2 Å². The maximum Gasteiger partial charge on any atom is 0.306 e. The van der Waals surface area contributed by atoms with Crippen molar-refractivity contribution in [3.63, 3.8) is 0 Å². The highest BCUT2D eigenvalue weighted by Crippen LogP contribution is 2.18. The molecular weight excluding hydrogens is 1020 g/mol. The first-order valence-corrected chi connectivity index (χ1v) is 36.4. The van der Waals surface area contributed by atoms with Crippen LogP contribution in [0.4, 0.5) is 0 Å². The van der Waals surface area contributed by atoms with E-state index in [1.54, 1.807) is 0 Å². The van der Waals surface area contributed by atoms with E-state index < -0.39 is 6.10 Å². The quantitative estimate of drug-likeness (QED) is 0.0261. The van der Waals surface area contributed by atoms with Gasteiger partial charge in [0.25, 0.3) is 0 Å². The molecule has 0 aliphatic carbocycles. The van der Waals surface area contributed by atoms with Gasteiger partial charge in [-0.05, 0) is 89.9 Å². The molecule has 83 heavy (non-hydrogen) atoms. The van der Waals surface area contributed by atoms with Crippen LogP contribution in [0.2, 0.25) is 0 Å². The van der Waals surface area contributed by atoms with Crippen molar-refractivity contribution >= 4 is 17.9 Å². The molecule has 482 valence electrons. The Morgan fingerprint density at radius 3 is 0.759 bits per heavy atom. The highest BCUT2D eigenvalue weighted by Gasteiger charge is 2.19. The number of esters is 3. The van der Waals surface area contributed by atoms with Crippen LogP contribution in [0.3, 0.4) is 0 Å². The van der Waals surface area contributed by atoms with Crippen LogP contribution in [0.1, 0.15) is 380 Å². The fraction of sp³-hybridized carbons (Fsp3) is 0.805. The summed E-state index contributed by atoms with van der Waals surface area (Å²) in [7, 11) is 0. The van der Waals surface area contributed by atoms with Crippen molar-refractivity contribution in [1.82, 2.24) is 0 Å². The zero-order valence-electron chi connectivity index (χ0n) is 55.5. The van der Waals surface area contributed by atoms with E-state index in [-0.39, 0.29) is 31.1 Å².